The van der Waals surface area contributed by atoms with Gasteiger partial charge in [0, 0.05) is 12.6 Å². The van der Waals surface area contributed by atoms with Gasteiger partial charge in [0.25, 0.3) is 0 Å². The highest BCUT2D eigenvalue weighted by molar-refractivity contribution is 4.57. The minimum absolute atomic E-state index is 0.0331. The standard InChI is InChI=1S/C8H20N2O2/c1-7(10)6-12-8(2,3)11-5-4-9/h7H,4-6,9-10H2,1-3H3. The first-order valence-corrected chi connectivity index (χ1v) is 4.21. The van der Waals surface area contributed by atoms with Crippen molar-refractivity contribution in [1.29, 1.82) is 0 Å². The Balaban J connectivity index is 3.56. The number of ether oxygens (including phenoxy) is 2. The summed E-state index contributed by atoms with van der Waals surface area (Å²) in [6.45, 7) is 7.10. The van der Waals surface area contributed by atoms with Gasteiger partial charge in [-0.2, -0.15) is 0 Å². The molecule has 1 unspecified atom stereocenters. The molecule has 0 fully saturated rings. The number of hydrogen-bond donors (Lipinski definition) is 2. The molecule has 0 bridgehead atoms. The minimum Gasteiger partial charge on any atom is -0.349 e. The average molecular weight is 176 g/mol. The summed E-state index contributed by atoms with van der Waals surface area (Å²) in [6.07, 6.45) is 0. The van der Waals surface area contributed by atoms with E-state index in [1.165, 1.54) is 0 Å². The predicted octanol–water partition coefficient (Wildman–Crippen LogP) is 0.0616. The van der Waals surface area contributed by atoms with Crippen molar-refractivity contribution in [3.63, 3.8) is 0 Å². The molecule has 0 heterocycles. The summed E-state index contributed by atoms with van der Waals surface area (Å²) in [5.41, 5.74) is 10.8. The zero-order valence-corrected chi connectivity index (χ0v) is 8.17. The number of rotatable bonds is 6. The fourth-order valence-electron chi connectivity index (χ4n) is 0.679. The summed E-state index contributed by atoms with van der Waals surface area (Å²) < 4.78 is 10.7. The zero-order valence-electron chi connectivity index (χ0n) is 8.17. The Morgan fingerprint density at radius 1 is 1.33 bits per heavy atom. The number of nitrogens with two attached hydrogens (primary N) is 2. The van der Waals surface area contributed by atoms with Crippen LogP contribution in [-0.4, -0.2) is 31.6 Å². The summed E-state index contributed by atoms with van der Waals surface area (Å²) in [6, 6.07) is 0.0331. The molecular formula is C8H20N2O2. The maximum absolute atomic E-state index is 5.52. The zero-order chi connectivity index (χ0) is 9.61. The van der Waals surface area contributed by atoms with Crippen molar-refractivity contribution >= 4 is 0 Å². The second-order valence-corrected chi connectivity index (χ2v) is 3.33. The monoisotopic (exact) mass is 176 g/mol. The summed E-state index contributed by atoms with van der Waals surface area (Å²) >= 11 is 0. The van der Waals surface area contributed by atoms with Crippen LogP contribution in [-0.2, 0) is 9.47 Å². The van der Waals surface area contributed by atoms with Gasteiger partial charge in [-0.25, -0.2) is 0 Å². The van der Waals surface area contributed by atoms with E-state index in [9.17, 15) is 0 Å². The van der Waals surface area contributed by atoms with Crippen molar-refractivity contribution in [2.24, 2.45) is 11.5 Å². The average Bonchev–Trinajstić information content (AvgIpc) is 1.98. The molecule has 0 aromatic heterocycles. The molecule has 4 nitrogen and oxygen atoms in total. The van der Waals surface area contributed by atoms with E-state index in [0.717, 1.165) is 0 Å². The molecule has 0 amide bonds. The molecule has 74 valence electrons. The van der Waals surface area contributed by atoms with Crippen LogP contribution >= 0.6 is 0 Å². The molecule has 0 aromatic rings. The fourth-order valence-corrected chi connectivity index (χ4v) is 0.679. The van der Waals surface area contributed by atoms with Crippen LogP contribution in [0.5, 0.6) is 0 Å². The van der Waals surface area contributed by atoms with E-state index in [-0.39, 0.29) is 6.04 Å². The topological polar surface area (TPSA) is 70.5 Å². The highest BCUT2D eigenvalue weighted by atomic mass is 16.7. The Labute approximate surface area is 74.2 Å². The van der Waals surface area contributed by atoms with Crippen LogP contribution in [0.25, 0.3) is 0 Å². The van der Waals surface area contributed by atoms with E-state index in [1.54, 1.807) is 0 Å². The van der Waals surface area contributed by atoms with E-state index in [1.807, 2.05) is 20.8 Å². The smallest absolute Gasteiger partial charge is 0.162 e. The third-order valence-electron chi connectivity index (χ3n) is 1.26. The van der Waals surface area contributed by atoms with Gasteiger partial charge in [0.15, 0.2) is 5.79 Å². The van der Waals surface area contributed by atoms with Crippen molar-refractivity contribution in [3.05, 3.63) is 0 Å². The molecule has 0 spiro atoms. The quantitative estimate of drug-likeness (QED) is 0.561. The van der Waals surface area contributed by atoms with Crippen LogP contribution in [0.3, 0.4) is 0 Å². The van der Waals surface area contributed by atoms with Crippen molar-refractivity contribution in [2.75, 3.05) is 19.8 Å². The maximum Gasteiger partial charge on any atom is 0.162 e. The Morgan fingerprint density at radius 3 is 2.33 bits per heavy atom. The normalized spacial score (nSPS) is 14.8. The van der Waals surface area contributed by atoms with Gasteiger partial charge in [0.1, 0.15) is 0 Å². The van der Waals surface area contributed by atoms with Crippen molar-refractivity contribution in [1.82, 2.24) is 0 Å². The Hall–Kier alpha value is -0.160. The predicted molar refractivity (Wildman–Crippen MR) is 48.7 cm³/mol. The van der Waals surface area contributed by atoms with Crippen molar-refractivity contribution in [3.8, 4) is 0 Å². The Kier molecular flexibility index (Phi) is 5.41. The first-order valence-electron chi connectivity index (χ1n) is 4.21. The van der Waals surface area contributed by atoms with E-state index in [2.05, 4.69) is 0 Å². The molecule has 0 aliphatic carbocycles. The lowest BCUT2D eigenvalue weighted by molar-refractivity contribution is -0.213. The molecule has 0 rings (SSSR count). The lowest BCUT2D eigenvalue weighted by Crippen LogP contribution is -2.35. The highest BCUT2D eigenvalue weighted by Gasteiger charge is 2.18. The lowest BCUT2D eigenvalue weighted by Gasteiger charge is -2.26. The van der Waals surface area contributed by atoms with Gasteiger partial charge in [0.05, 0.1) is 13.2 Å². The summed E-state index contributed by atoms with van der Waals surface area (Å²) in [7, 11) is 0. The van der Waals surface area contributed by atoms with E-state index in [0.29, 0.717) is 19.8 Å². The molecule has 4 heteroatoms. The van der Waals surface area contributed by atoms with Crippen molar-refractivity contribution in [2.45, 2.75) is 32.6 Å². The first kappa shape index (κ1) is 11.8. The van der Waals surface area contributed by atoms with Crippen LogP contribution in [0.4, 0.5) is 0 Å². The lowest BCUT2D eigenvalue weighted by atomic mass is 10.3. The molecule has 0 aliphatic rings. The second-order valence-electron chi connectivity index (χ2n) is 3.33. The molecular weight excluding hydrogens is 156 g/mol. The van der Waals surface area contributed by atoms with Gasteiger partial charge in [-0.3, -0.25) is 0 Å². The SMILES string of the molecule is CC(N)COC(C)(C)OCCN. The molecule has 4 N–H and O–H groups in total. The van der Waals surface area contributed by atoms with Crippen LogP contribution in [0.15, 0.2) is 0 Å². The van der Waals surface area contributed by atoms with Crippen LogP contribution in [0.2, 0.25) is 0 Å². The Morgan fingerprint density at radius 2 is 1.92 bits per heavy atom. The summed E-state index contributed by atoms with van der Waals surface area (Å²) in [4.78, 5) is 0. The third kappa shape index (κ3) is 6.54. The highest BCUT2D eigenvalue weighted by Crippen LogP contribution is 2.10. The Bertz CT molecular complexity index is 116. The molecule has 0 saturated carbocycles. The van der Waals surface area contributed by atoms with Gasteiger partial charge >= 0.3 is 0 Å². The molecule has 0 radical (unpaired) electrons. The summed E-state index contributed by atoms with van der Waals surface area (Å²) in [5.74, 6) is -0.576. The van der Waals surface area contributed by atoms with Gasteiger partial charge in [-0.15, -0.1) is 0 Å². The molecule has 0 aliphatic heterocycles. The first-order chi connectivity index (χ1) is 5.48. The van der Waals surface area contributed by atoms with Gasteiger partial charge in [0.2, 0.25) is 0 Å². The third-order valence-corrected chi connectivity index (χ3v) is 1.26. The maximum atomic E-state index is 5.52. The van der Waals surface area contributed by atoms with Crippen LogP contribution < -0.4 is 11.5 Å². The van der Waals surface area contributed by atoms with Gasteiger partial charge < -0.3 is 20.9 Å². The van der Waals surface area contributed by atoms with E-state index < -0.39 is 5.79 Å². The fraction of sp³-hybridized carbons (Fsp3) is 1.00. The largest absolute Gasteiger partial charge is 0.349 e. The molecule has 0 aromatic carbocycles. The molecule has 12 heavy (non-hydrogen) atoms. The summed E-state index contributed by atoms with van der Waals surface area (Å²) in [5, 5.41) is 0. The van der Waals surface area contributed by atoms with Crippen molar-refractivity contribution < 1.29 is 9.47 Å². The molecule has 0 saturated heterocycles. The van der Waals surface area contributed by atoms with Crippen LogP contribution in [0.1, 0.15) is 20.8 Å². The van der Waals surface area contributed by atoms with E-state index >= 15 is 0 Å². The molecule has 1 atom stereocenters. The van der Waals surface area contributed by atoms with E-state index in [4.69, 9.17) is 20.9 Å². The number of hydrogen-bond acceptors (Lipinski definition) is 4. The van der Waals surface area contributed by atoms with Crippen LogP contribution in [0, 0.1) is 0 Å². The second kappa shape index (κ2) is 5.48. The van der Waals surface area contributed by atoms with Gasteiger partial charge in [-0.1, -0.05) is 0 Å². The minimum atomic E-state index is -0.576. The van der Waals surface area contributed by atoms with Gasteiger partial charge in [-0.05, 0) is 20.8 Å².